The average molecular weight is 314 g/mol. The van der Waals surface area contributed by atoms with Crippen molar-refractivity contribution < 1.29 is 9.18 Å². The lowest BCUT2D eigenvalue weighted by Crippen LogP contribution is -2.13. The lowest BCUT2D eigenvalue weighted by Gasteiger charge is -2.10. The highest BCUT2D eigenvalue weighted by Crippen LogP contribution is 2.27. The SMILES string of the molecule is Cc1ccc(C(=O)Nc2ccccc2SCCC#N)cc1F. The van der Waals surface area contributed by atoms with Gasteiger partial charge in [-0.3, -0.25) is 4.79 Å². The van der Waals surface area contributed by atoms with Gasteiger partial charge in [-0.1, -0.05) is 18.2 Å². The molecule has 2 aromatic rings. The first kappa shape index (κ1) is 16.1. The number of carbonyl (C=O) groups is 1. The third-order valence-electron chi connectivity index (χ3n) is 3.04. The maximum atomic E-state index is 13.5. The summed E-state index contributed by atoms with van der Waals surface area (Å²) in [5.74, 6) is -0.0979. The van der Waals surface area contributed by atoms with E-state index in [1.165, 1.54) is 17.8 Å². The van der Waals surface area contributed by atoms with Gasteiger partial charge in [0.2, 0.25) is 0 Å². The van der Waals surface area contributed by atoms with Gasteiger partial charge < -0.3 is 5.32 Å². The number of rotatable bonds is 5. The number of aryl methyl sites for hydroxylation is 1. The summed E-state index contributed by atoms with van der Waals surface area (Å²) in [5, 5.41) is 11.4. The Kier molecular flexibility index (Phi) is 5.56. The summed E-state index contributed by atoms with van der Waals surface area (Å²) in [5.41, 5.74) is 1.44. The highest BCUT2D eigenvalue weighted by Gasteiger charge is 2.11. The van der Waals surface area contributed by atoms with Gasteiger partial charge in [0.15, 0.2) is 0 Å². The monoisotopic (exact) mass is 314 g/mol. The molecule has 0 aliphatic rings. The third kappa shape index (κ3) is 4.09. The van der Waals surface area contributed by atoms with Gasteiger partial charge in [-0.25, -0.2) is 4.39 Å². The Balaban J connectivity index is 2.14. The summed E-state index contributed by atoms with van der Waals surface area (Å²) in [6.07, 6.45) is 0.441. The fourth-order valence-electron chi connectivity index (χ4n) is 1.83. The van der Waals surface area contributed by atoms with Crippen LogP contribution in [0.1, 0.15) is 22.3 Å². The van der Waals surface area contributed by atoms with Crippen molar-refractivity contribution in [3.05, 3.63) is 59.4 Å². The summed E-state index contributed by atoms with van der Waals surface area (Å²) in [6, 6.07) is 13.9. The molecule has 0 bridgehead atoms. The van der Waals surface area contributed by atoms with E-state index in [9.17, 15) is 9.18 Å². The van der Waals surface area contributed by atoms with Gasteiger partial charge in [-0.15, -0.1) is 11.8 Å². The Morgan fingerprint density at radius 3 is 2.82 bits per heavy atom. The number of benzene rings is 2. The molecule has 0 saturated carbocycles. The molecule has 2 aromatic carbocycles. The summed E-state index contributed by atoms with van der Waals surface area (Å²) in [6.45, 7) is 1.65. The van der Waals surface area contributed by atoms with E-state index in [0.717, 1.165) is 4.90 Å². The van der Waals surface area contributed by atoms with Gasteiger partial charge >= 0.3 is 0 Å². The number of nitriles is 1. The highest BCUT2D eigenvalue weighted by molar-refractivity contribution is 7.99. The highest BCUT2D eigenvalue weighted by atomic mass is 32.2. The lowest BCUT2D eigenvalue weighted by atomic mass is 10.1. The molecule has 0 aliphatic heterocycles. The third-order valence-corrected chi connectivity index (χ3v) is 4.12. The maximum Gasteiger partial charge on any atom is 0.255 e. The standard InChI is InChI=1S/C17H15FN2OS/c1-12-7-8-13(11-14(12)18)17(21)20-15-5-2-3-6-16(15)22-10-4-9-19/h2-3,5-8,11H,4,10H2,1H3,(H,20,21). The Labute approximate surface area is 133 Å². The molecule has 0 fully saturated rings. The predicted molar refractivity (Wildman–Crippen MR) is 86.5 cm³/mol. The molecule has 0 spiro atoms. The van der Waals surface area contributed by atoms with Crippen molar-refractivity contribution in [1.29, 1.82) is 5.26 Å². The fraction of sp³-hybridized carbons (Fsp3) is 0.176. The molecule has 3 nitrogen and oxygen atoms in total. The van der Waals surface area contributed by atoms with Crippen molar-refractivity contribution in [1.82, 2.24) is 0 Å². The fourth-order valence-corrected chi connectivity index (χ4v) is 2.69. The number of nitrogens with zero attached hydrogens (tertiary/aromatic N) is 1. The number of thioether (sulfide) groups is 1. The van der Waals surface area contributed by atoms with E-state index < -0.39 is 5.82 Å². The van der Waals surface area contributed by atoms with E-state index in [1.807, 2.05) is 18.2 Å². The molecule has 5 heteroatoms. The van der Waals surface area contributed by atoms with E-state index in [1.54, 1.807) is 25.1 Å². The molecule has 112 valence electrons. The summed E-state index contributed by atoms with van der Waals surface area (Å²) in [4.78, 5) is 13.1. The zero-order chi connectivity index (χ0) is 15.9. The van der Waals surface area contributed by atoms with Crippen LogP contribution in [0.4, 0.5) is 10.1 Å². The van der Waals surface area contributed by atoms with Crippen LogP contribution < -0.4 is 5.32 Å². The zero-order valence-corrected chi connectivity index (χ0v) is 12.9. The number of anilines is 1. The molecule has 1 amide bonds. The molecule has 0 aliphatic carbocycles. The van der Waals surface area contributed by atoms with Crippen LogP contribution in [-0.2, 0) is 0 Å². The van der Waals surface area contributed by atoms with Crippen LogP contribution >= 0.6 is 11.8 Å². The molecule has 0 heterocycles. The normalized spacial score (nSPS) is 10.0. The minimum absolute atomic E-state index is 0.278. The van der Waals surface area contributed by atoms with Crippen LogP contribution in [0, 0.1) is 24.1 Å². The van der Waals surface area contributed by atoms with Crippen LogP contribution in [-0.4, -0.2) is 11.7 Å². The lowest BCUT2D eigenvalue weighted by molar-refractivity contribution is 0.102. The van der Waals surface area contributed by atoms with E-state index in [4.69, 9.17) is 5.26 Å². The van der Waals surface area contributed by atoms with Gasteiger partial charge in [-0.2, -0.15) is 5.26 Å². The van der Waals surface area contributed by atoms with Crippen LogP contribution in [0.25, 0.3) is 0 Å². The smallest absolute Gasteiger partial charge is 0.255 e. The van der Waals surface area contributed by atoms with Gasteiger partial charge in [0.25, 0.3) is 5.91 Å². The summed E-state index contributed by atoms with van der Waals surface area (Å²) < 4.78 is 13.5. The van der Waals surface area contributed by atoms with Crippen LogP contribution in [0.5, 0.6) is 0 Å². The summed E-state index contributed by atoms with van der Waals surface area (Å²) >= 11 is 1.50. The molecular formula is C17H15FN2OS. The van der Waals surface area contributed by atoms with Crippen LogP contribution in [0.3, 0.4) is 0 Å². The molecule has 0 atom stereocenters. The van der Waals surface area contributed by atoms with E-state index in [-0.39, 0.29) is 11.5 Å². The van der Waals surface area contributed by atoms with Crippen LogP contribution in [0.15, 0.2) is 47.4 Å². The Morgan fingerprint density at radius 2 is 2.09 bits per heavy atom. The Hall–Kier alpha value is -2.32. The molecule has 0 aromatic heterocycles. The van der Waals surface area contributed by atoms with Gasteiger partial charge in [-0.05, 0) is 36.8 Å². The quantitative estimate of drug-likeness (QED) is 0.657. The number of hydrogen-bond acceptors (Lipinski definition) is 3. The molecule has 0 radical (unpaired) electrons. The zero-order valence-electron chi connectivity index (χ0n) is 12.1. The number of carbonyl (C=O) groups excluding carboxylic acids is 1. The van der Waals surface area contributed by atoms with E-state index >= 15 is 0 Å². The maximum absolute atomic E-state index is 13.5. The summed E-state index contributed by atoms with van der Waals surface area (Å²) in [7, 11) is 0. The molecule has 0 saturated heterocycles. The first-order valence-corrected chi connectivity index (χ1v) is 7.76. The largest absolute Gasteiger partial charge is 0.321 e. The van der Waals surface area contributed by atoms with Crippen molar-refractivity contribution in [3.63, 3.8) is 0 Å². The first-order chi connectivity index (χ1) is 10.6. The molecule has 1 N–H and O–H groups in total. The van der Waals surface area contributed by atoms with E-state index in [0.29, 0.717) is 23.4 Å². The minimum Gasteiger partial charge on any atom is -0.321 e. The van der Waals surface area contributed by atoms with Crippen LogP contribution in [0.2, 0.25) is 0 Å². The average Bonchev–Trinajstić information content (AvgIpc) is 2.52. The first-order valence-electron chi connectivity index (χ1n) is 6.78. The number of nitrogens with one attached hydrogen (secondary N) is 1. The molecular weight excluding hydrogens is 299 g/mol. The minimum atomic E-state index is -0.399. The number of para-hydroxylation sites is 1. The predicted octanol–water partition coefficient (Wildman–Crippen LogP) is 4.39. The molecule has 22 heavy (non-hydrogen) atoms. The van der Waals surface area contributed by atoms with Gasteiger partial charge in [0.1, 0.15) is 5.82 Å². The topological polar surface area (TPSA) is 52.9 Å². The van der Waals surface area contributed by atoms with Crippen molar-refractivity contribution in [2.45, 2.75) is 18.2 Å². The molecule has 2 rings (SSSR count). The molecule has 0 unspecified atom stereocenters. The van der Waals surface area contributed by atoms with Crippen molar-refractivity contribution in [2.24, 2.45) is 0 Å². The second-order valence-corrected chi connectivity index (χ2v) is 5.81. The van der Waals surface area contributed by atoms with Gasteiger partial charge in [0.05, 0.1) is 11.8 Å². The van der Waals surface area contributed by atoms with Crippen molar-refractivity contribution in [3.8, 4) is 6.07 Å². The van der Waals surface area contributed by atoms with Crippen molar-refractivity contribution in [2.75, 3.05) is 11.1 Å². The Morgan fingerprint density at radius 1 is 1.32 bits per heavy atom. The second-order valence-electron chi connectivity index (χ2n) is 4.67. The van der Waals surface area contributed by atoms with E-state index in [2.05, 4.69) is 11.4 Å². The number of amides is 1. The second kappa shape index (κ2) is 7.62. The number of halogens is 1. The van der Waals surface area contributed by atoms with Crippen molar-refractivity contribution >= 4 is 23.4 Å². The van der Waals surface area contributed by atoms with Gasteiger partial charge in [0, 0.05) is 22.6 Å². The number of hydrogen-bond donors (Lipinski definition) is 1. The Bertz CT molecular complexity index is 725.